The van der Waals surface area contributed by atoms with E-state index in [1.54, 1.807) is 0 Å². The highest BCUT2D eigenvalue weighted by Crippen LogP contribution is 1.87. The van der Waals surface area contributed by atoms with Crippen LogP contribution in [0.15, 0.2) is 0 Å². The van der Waals surface area contributed by atoms with Gasteiger partial charge in [0.1, 0.15) is 0 Å². The van der Waals surface area contributed by atoms with Gasteiger partial charge in [0.15, 0.2) is 0 Å². The van der Waals surface area contributed by atoms with E-state index in [0.717, 1.165) is 0 Å². The minimum Gasteiger partial charge on any atom is -0.475 e. The summed E-state index contributed by atoms with van der Waals surface area (Å²) in [6.45, 7) is 0.429. The standard InChI is InChI=1S/C5H9BO3/c6-5(8)9-4-2-1-3-7/h7H,1-4H2. The Labute approximate surface area is 55.4 Å². The molecule has 3 nitrogen and oxygen atoms in total. The molecule has 9 heavy (non-hydrogen) atoms. The maximum atomic E-state index is 9.90. The zero-order valence-electron chi connectivity index (χ0n) is 5.17. The van der Waals surface area contributed by atoms with Gasteiger partial charge in [0.25, 0.3) is 0 Å². The monoisotopic (exact) mass is 128 g/mol. The smallest absolute Gasteiger partial charge is 0.235 e. The molecule has 0 spiro atoms. The summed E-state index contributed by atoms with van der Waals surface area (Å²) in [5.41, 5.74) is 0. The predicted molar refractivity (Wildman–Crippen MR) is 33.4 cm³/mol. The van der Waals surface area contributed by atoms with Crippen LogP contribution in [0.3, 0.4) is 0 Å². The highest BCUT2D eigenvalue weighted by atomic mass is 16.5. The molecule has 0 aromatic heterocycles. The van der Waals surface area contributed by atoms with Gasteiger partial charge in [0, 0.05) is 6.61 Å². The third kappa shape index (κ3) is 7.49. The van der Waals surface area contributed by atoms with Crippen LogP contribution >= 0.6 is 0 Å². The van der Waals surface area contributed by atoms with Gasteiger partial charge >= 0.3 is 0 Å². The van der Waals surface area contributed by atoms with Crippen LogP contribution < -0.4 is 0 Å². The summed E-state index contributed by atoms with van der Waals surface area (Å²) < 4.78 is 4.37. The van der Waals surface area contributed by atoms with E-state index in [4.69, 9.17) is 5.11 Å². The van der Waals surface area contributed by atoms with Crippen molar-refractivity contribution in [3.63, 3.8) is 0 Å². The second kappa shape index (κ2) is 5.63. The minimum absolute atomic E-state index is 0.127. The topological polar surface area (TPSA) is 46.5 Å². The third-order valence-electron chi connectivity index (χ3n) is 0.797. The summed E-state index contributed by atoms with van der Waals surface area (Å²) in [6.07, 6.45) is 1.31. The molecule has 0 saturated heterocycles. The number of hydrogen-bond acceptors (Lipinski definition) is 3. The zero-order chi connectivity index (χ0) is 7.11. The van der Waals surface area contributed by atoms with Crippen molar-refractivity contribution < 1.29 is 14.6 Å². The van der Waals surface area contributed by atoms with Gasteiger partial charge in [0.2, 0.25) is 13.7 Å². The number of carbonyl (C=O) groups is 1. The van der Waals surface area contributed by atoms with Crippen molar-refractivity contribution >= 4 is 13.7 Å². The van der Waals surface area contributed by atoms with E-state index in [-0.39, 0.29) is 6.61 Å². The SMILES string of the molecule is [B]C(=O)OCCCCO. The normalized spacial score (nSPS) is 9.00. The third-order valence-corrected chi connectivity index (χ3v) is 0.797. The maximum absolute atomic E-state index is 9.90. The van der Waals surface area contributed by atoms with E-state index < -0.39 is 5.87 Å². The van der Waals surface area contributed by atoms with E-state index in [9.17, 15) is 4.79 Å². The number of ether oxygens (including phenoxy) is 1. The van der Waals surface area contributed by atoms with E-state index >= 15 is 0 Å². The molecule has 0 atom stereocenters. The molecular formula is C5H9BO3. The fourth-order valence-electron chi connectivity index (χ4n) is 0.387. The van der Waals surface area contributed by atoms with E-state index in [0.29, 0.717) is 19.4 Å². The van der Waals surface area contributed by atoms with E-state index in [1.165, 1.54) is 0 Å². The van der Waals surface area contributed by atoms with Gasteiger partial charge in [-0.2, -0.15) is 0 Å². The van der Waals surface area contributed by atoms with E-state index in [1.807, 2.05) is 0 Å². The Kier molecular flexibility index (Phi) is 5.31. The van der Waals surface area contributed by atoms with Crippen molar-refractivity contribution in [1.82, 2.24) is 0 Å². The average Bonchev–Trinajstić information content (AvgIpc) is 1.80. The van der Waals surface area contributed by atoms with Crippen molar-refractivity contribution in [2.75, 3.05) is 13.2 Å². The van der Waals surface area contributed by atoms with Gasteiger partial charge < -0.3 is 9.84 Å². The molecule has 0 saturated carbocycles. The Morgan fingerprint density at radius 2 is 2.22 bits per heavy atom. The largest absolute Gasteiger partial charge is 0.475 e. The Morgan fingerprint density at radius 1 is 1.56 bits per heavy atom. The first-order chi connectivity index (χ1) is 4.27. The molecule has 0 bridgehead atoms. The predicted octanol–water partition coefficient (Wildman–Crippen LogP) is 0.0640. The van der Waals surface area contributed by atoms with Crippen LogP contribution in [0.1, 0.15) is 12.8 Å². The van der Waals surface area contributed by atoms with Crippen molar-refractivity contribution in [1.29, 1.82) is 0 Å². The van der Waals surface area contributed by atoms with Crippen LogP contribution in [0.25, 0.3) is 0 Å². The molecule has 0 aromatic carbocycles. The Balaban J connectivity index is 2.83. The van der Waals surface area contributed by atoms with Crippen molar-refractivity contribution in [2.24, 2.45) is 0 Å². The lowest BCUT2D eigenvalue weighted by Gasteiger charge is -1.98. The van der Waals surface area contributed by atoms with Crippen molar-refractivity contribution in [3.8, 4) is 0 Å². The number of carbonyl (C=O) groups excluding carboxylic acids is 1. The molecule has 0 heterocycles. The molecule has 0 aliphatic rings. The lowest BCUT2D eigenvalue weighted by atomic mass is 10.2. The number of aliphatic hydroxyl groups excluding tert-OH is 1. The highest BCUT2D eigenvalue weighted by molar-refractivity contribution is 6.55. The number of aliphatic hydroxyl groups is 1. The van der Waals surface area contributed by atoms with Gasteiger partial charge in [-0.25, -0.2) is 0 Å². The quantitative estimate of drug-likeness (QED) is 0.430. The number of hydrogen-bond donors (Lipinski definition) is 1. The van der Waals surface area contributed by atoms with Crippen LogP contribution in [-0.2, 0) is 4.74 Å². The average molecular weight is 128 g/mol. The van der Waals surface area contributed by atoms with E-state index in [2.05, 4.69) is 12.6 Å². The summed E-state index contributed by atoms with van der Waals surface area (Å²) in [5, 5.41) is 8.26. The number of unbranched alkanes of at least 4 members (excludes halogenated alkanes) is 1. The first-order valence-corrected chi connectivity index (χ1v) is 2.80. The van der Waals surface area contributed by atoms with Crippen LogP contribution in [0, 0.1) is 0 Å². The van der Waals surface area contributed by atoms with Crippen molar-refractivity contribution in [2.45, 2.75) is 12.8 Å². The second-order valence-electron chi connectivity index (χ2n) is 1.60. The molecule has 0 aliphatic heterocycles. The Morgan fingerprint density at radius 3 is 2.67 bits per heavy atom. The number of rotatable bonds is 4. The molecule has 0 fully saturated rings. The summed E-state index contributed by atoms with van der Waals surface area (Å²) in [5.74, 6) is -0.757. The van der Waals surface area contributed by atoms with Gasteiger partial charge in [-0.1, -0.05) is 0 Å². The summed E-state index contributed by atoms with van der Waals surface area (Å²) in [4.78, 5) is 9.90. The second-order valence-corrected chi connectivity index (χ2v) is 1.60. The van der Waals surface area contributed by atoms with Crippen LogP contribution in [0.2, 0.25) is 0 Å². The molecule has 50 valence electrons. The minimum atomic E-state index is -0.757. The summed E-state index contributed by atoms with van der Waals surface area (Å²) >= 11 is 0. The molecule has 0 aliphatic carbocycles. The van der Waals surface area contributed by atoms with Gasteiger partial charge in [0.05, 0.1) is 6.61 Å². The van der Waals surface area contributed by atoms with Gasteiger partial charge in [-0.15, -0.1) is 0 Å². The van der Waals surface area contributed by atoms with Crippen LogP contribution in [0.4, 0.5) is 4.79 Å². The first-order valence-electron chi connectivity index (χ1n) is 2.80. The maximum Gasteiger partial charge on any atom is 0.235 e. The summed E-state index contributed by atoms with van der Waals surface area (Å²) in [6, 6.07) is 0. The van der Waals surface area contributed by atoms with Crippen molar-refractivity contribution in [3.05, 3.63) is 0 Å². The molecule has 0 unspecified atom stereocenters. The molecule has 1 N–H and O–H groups in total. The first kappa shape index (κ1) is 8.49. The molecule has 4 heteroatoms. The lowest BCUT2D eigenvalue weighted by molar-refractivity contribution is 0.166. The molecule has 0 aromatic rings. The molecule has 0 amide bonds. The fourth-order valence-corrected chi connectivity index (χ4v) is 0.387. The lowest BCUT2D eigenvalue weighted by Crippen LogP contribution is -2.02. The Hall–Kier alpha value is -0.505. The molecule has 2 radical (unpaired) electrons. The van der Waals surface area contributed by atoms with Crippen LogP contribution in [0.5, 0.6) is 0 Å². The van der Waals surface area contributed by atoms with Crippen LogP contribution in [-0.4, -0.2) is 32.0 Å². The Bertz CT molecular complexity index is 84.3. The fraction of sp³-hybridized carbons (Fsp3) is 0.800. The summed E-state index contributed by atoms with van der Waals surface area (Å²) in [7, 11) is 4.65. The van der Waals surface area contributed by atoms with Gasteiger partial charge in [-0.3, -0.25) is 4.79 Å². The molecule has 0 rings (SSSR count). The zero-order valence-corrected chi connectivity index (χ0v) is 5.17. The molecular weight excluding hydrogens is 119 g/mol. The highest BCUT2D eigenvalue weighted by Gasteiger charge is 1.90. The van der Waals surface area contributed by atoms with Gasteiger partial charge in [-0.05, 0) is 12.8 Å².